The summed E-state index contributed by atoms with van der Waals surface area (Å²) in [5.41, 5.74) is 0.0664. The van der Waals surface area contributed by atoms with E-state index in [1.165, 1.54) is 29.4 Å². The van der Waals surface area contributed by atoms with Crippen LogP contribution in [0.25, 0.3) is 0 Å². The van der Waals surface area contributed by atoms with Gasteiger partial charge in [0.25, 0.3) is 10.0 Å². The Morgan fingerprint density at radius 1 is 1.15 bits per heavy atom. The van der Waals surface area contributed by atoms with Crippen molar-refractivity contribution in [2.75, 3.05) is 14.1 Å². The third-order valence-electron chi connectivity index (χ3n) is 4.54. The van der Waals surface area contributed by atoms with E-state index in [-0.39, 0.29) is 21.2 Å². The molecule has 152 valence electrons. The van der Waals surface area contributed by atoms with Crippen molar-refractivity contribution in [3.05, 3.63) is 24.3 Å². The molecule has 1 aromatic rings. The van der Waals surface area contributed by atoms with Gasteiger partial charge >= 0.3 is 0 Å². The van der Waals surface area contributed by atoms with Crippen molar-refractivity contribution in [1.29, 1.82) is 0 Å². The summed E-state index contributed by atoms with van der Waals surface area (Å²) in [5, 5.41) is 0. The predicted molar refractivity (Wildman–Crippen MR) is 107 cm³/mol. The molecule has 2 atom stereocenters. The Kier molecular flexibility index (Phi) is 6.38. The lowest BCUT2D eigenvalue weighted by Crippen LogP contribution is -2.42. The maximum absolute atomic E-state index is 12.8. The molecule has 0 radical (unpaired) electrons. The zero-order chi connectivity index (χ0) is 20.5. The molecule has 0 bridgehead atoms. The van der Waals surface area contributed by atoms with Crippen molar-refractivity contribution < 1.29 is 16.8 Å². The minimum absolute atomic E-state index is 0.0664. The summed E-state index contributed by atoms with van der Waals surface area (Å²) in [7, 11) is -4.49. The number of sulfonamides is 2. The summed E-state index contributed by atoms with van der Waals surface area (Å²) in [6, 6.07) is 5.14. The molecule has 0 aliphatic heterocycles. The molecule has 1 aliphatic rings. The van der Waals surface area contributed by atoms with Crippen molar-refractivity contribution in [2.45, 2.75) is 55.9 Å². The molecule has 7 nitrogen and oxygen atoms in total. The van der Waals surface area contributed by atoms with E-state index < -0.39 is 20.0 Å². The number of rotatable bonds is 6. The van der Waals surface area contributed by atoms with Crippen LogP contribution in [0.3, 0.4) is 0 Å². The van der Waals surface area contributed by atoms with Gasteiger partial charge in [0.1, 0.15) is 6.34 Å². The second kappa shape index (κ2) is 7.89. The Bertz CT molecular complexity index is 906. The molecule has 0 saturated heterocycles. The van der Waals surface area contributed by atoms with Crippen molar-refractivity contribution in [2.24, 2.45) is 15.7 Å². The standard InChI is InChI=1S/C18H29N3O4S2/c1-14-9-15(12-18(2,3)11-14)20-27(24,25)17-8-6-7-16(10-17)26(22,23)19-13-21(4)5/h6-8,10,13-15,20H,9,11-12H2,1-5H3. The van der Waals surface area contributed by atoms with Crippen molar-refractivity contribution in [3.63, 3.8) is 0 Å². The summed E-state index contributed by atoms with van der Waals surface area (Å²) >= 11 is 0. The highest BCUT2D eigenvalue weighted by atomic mass is 32.2. The number of hydrogen-bond donors (Lipinski definition) is 1. The predicted octanol–water partition coefficient (Wildman–Crippen LogP) is 2.46. The maximum Gasteiger partial charge on any atom is 0.283 e. The van der Waals surface area contributed by atoms with E-state index >= 15 is 0 Å². The molecule has 0 heterocycles. The summed E-state index contributed by atoms with van der Waals surface area (Å²) in [4.78, 5) is 1.27. The molecule has 1 N–H and O–H groups in total. The fraction of sp³-hybridized carbons (Fsp3) is 0.611. The molecular formula is C18H29N3O4S2. The van der Waals surface area contributed by atoms with Crippen LogP contribution < -0.4 is 4.72 Å². The number of benzene rings is 1. The highest BCUT2D eigenvalue weighted by molar-refractivity contribution is 7.90. The third kappa shape index (κ3) is 6.02. The molecule has 1 fully saturated rings. The summed E-state index contributed by atoms with van der Waals surface area (Å²) < 4.78 is 56.5. The molecule has 2 rings (SSSR count). The van der Waals surface area contributed by atoms with Crippen LogP contribution in [-0.4, -0.2) is 48.2 Å². The van der Waals surface area contributed by atoms with Crippen LogP contribution in [0.1, 0.15) is 40.0 Å². The first-order valence-corrected chi connectivity index (χ1v) is 11.8. The summed E-state index contributed by atoms with van der Waals surface area (Å²) in [6.07, 6.45) is 3.75. The molecule has 9 heteroatoms. The van der Waals surface area contributed by atoms with Crippen LogP contribution in [0.5, 0.6) is 0 Å². The normalized spacial score (nSPS) is 23.4. The van der Waals surface area contributed by atoms with Gasteiger partial charge in [-0.05, 0) is 48.8 Å². The molecule has 0 spiro atoms. The first-order chi connectivity index (χ1) is 12.3. The fourth-order valence-electron chi connectivity index (χ4n) is 3.74. The second-order valence-electron chi connectivity index (χ2n) is 8.37. The van der Waals surface area contributed by atoms with Crippen LogP contribution >= 0.6 is 0 Å². The minimum Gasteiger partial charge on any atom is -0.368 e. The van der Waals surface area contributed by atoms with Crippen molar-refractivity contribution in [1.82, 2.24) is 9.62 Å². The minimum atomic E-state index is -3.96. The quantitative estimate of drug-likeness (QED) is 0.569. The molecule has 0 amide bonds. The van der Waals surface area contributed by atoms with Gasteiger partial charge < -0.3 is 4.90 Å². The third-order valence-corrected chi connectivity index (χ3v) is 7.28. The molecule has 1 saturated carbocycles. The number of nitrogens with one attached hydrogen (secondary N) is 1. The van der Waals surface area contributed by atoms with E-state index in [9.17, 15) is 16.8 Å². The van der Waals surface area contributed by atoms with E-state index in [0.29, 0.717) is 5.92 Å². The van der Waals surface area contributed by atoms with Gasteiger partial charge in [0.2, 0.25) is 10.0 Å². The van der Waals surface area contributed by atoms with Crippen LogP contribution in [-0.2, 0) is 20.0 Å². The molecule has 0 aromatic heterocycles. The van der Waals surface area contributed by atoms with E-state index in [1.54, 1.807) is 14.1 Å². The summed E-state index contributed by atoms with van der Waals surface area (Å²) in [6.45, 7) is 6.40. The first-order valence-electron chi connectivity index (χ1n) is 8.90. The van der Waals surface area contributed by atoms with E-state index in [0.717, 1.165) is 25.3 Å². The monoisotopic (exact) mass is 415 g/mol. The SMILES string of the molecule is CC1CC(NS(=O)(=O)c2cccc(S(=O)(=O)N=CN(C)C)c2)CC(C)(C)C1. The van der Waals surface area contributed by atoms with Crippen LogP contribution in [0, 0.1) is 11.3 Å². The molecule has 1 aliphatic carbocycles. The lowest BCUT2D eigenvalue weighted by Gasteiger charge is -2.39. The van der Waals surface area contributed by atoms with Crippen molar-refractivity contribution >= 4 is 26.4 Å². The topological polar surface area (TPSA) is 95.9 Å². The van der Waals surface area contributed by atoms with E-state index in [1.807, 2.05) is 0 Å². The van der Waals surface area contributed by atoms with Gasteiger partial charge in [-0.3, -0.25) is 0 Å². The van der Waals surface area contributed by atoms with Crippen LogP contribution in [0.15, 0.2) is 38.5 Å². The zero-order valence-electron chi connectivity index (χ0n) is 16.5. The van der Waals surface area contributed by atoms with Crippen LogP contribution in [0.2, 0.25) is 0 Å². The molecule has 27 heavy (non-hydrogen) atoms. The van der Waals surface area contributed by atoms with Gasteiger partial charge in [0.05, 0.1) is 9.79 Å². The van der Waals surface area contributed by atoms with Gasteiger partial charge in [-0.1, -0.05) is 26.8 Å². The zero-order valence-corrected chi connectivity index (χ0v) is 18.1. The second-order valence-corrected chi connectivity index (χ2v) is 11.7. The highest BCUT2D eigenvalue weighted by Gasteiger charge is 2.34. The molecule has 2 unspecified atom stereocenters. The molecule has 1 aromatic carbocycles. The number of hydrogen-bond acceptors (Lipinski definition) is 4. The Labute approximate surface area is 163 Å². The highest BCUT2D eigenvalue weighted by Crippen LogP contribution is 2.38. The average molecular weight is 416 g/mol. The lowest BCUT2D eigenvalue weighted by atomic mass is 9.71. The van der Waals surface area contributed by atoms with Gasteiger partial charge in [0.15, 0.2) is 0 Å². The first kappa shape index (κ1) is 21.8. The Morgan fingerprint density at radius 2 is 1.78 bits per heavy atom. The van der Waals surface area contributed by atoms with Crippen molar-refractivity contribution in [3.8, 4) is 0 Å². The van der Waals surface area contributed by atoms with Gasteiger partial charge in [-0.2, -0.15) is 8.42 Å². The van der Waals surface area contributed by atoms with E-state index in [2.05, 4.69) is 29.9 Å². The Hall–Kier alpha value is -1.45. The maximum atomic E-state index is 12.8. The number of nitrogens with zero attached hydrogens (tertiary/aromatic N) is 2. The Balaban J connectivity index is 2.27. The van der Waals surface area contributed by atoms with Gasteiger partial charge in [0, 0.05) is 20.1 Å². The average Bonchev–Trinajstić information content (AvgIpc) is 2.50. The molecular weight excluding hydrogens is 386 g/mol. The lowest BCUT2D eigenvalue weighted by molar-refractivity contribution is 0.163. The smallest absolute Gasteiger partial charge is 0.283 e. The van der Waals surface area contributed by atoms with E-state index in [4.69, 9.17) is 0 Å². The summed E-state index contributed by atoms with van der Waals surface area (Å²) in [5.74, 6) is 0.425. The van der Waals surface area contributed by atoms with Crippen LogP contribution in [0.4, 0.5) is 0 Å². The van der Waals surface area contributed by atoms with Gasteiger partial charge in [-0.25, -0.2) is 13.1 Å². The largest absolute Gasteiger partial charge is 0.368 e. The fourth-order valence-corrected chi connectivity index (χ4v) is 6.07. The van der Waals surface area contributed by atoms with Gasteiger partial charge in [-0.15, -0.1) is 4.40 Å². The Morgan fingerprint density at radius 3 is 2.37 bits per heavy atom.